The van der Waals surface area contributed by atoms with Gasteiger partial charge in [-0.25, -0.2) is 4.98 Å². The predicted octanol–water partition coefficient (Wildman–Crippen LogP) is 2.95. The SMILES string of the molecule is CCNc1cc(C(=O)N2CCC(C)(C)C2)cc(CC)n1. The Morgan fingerprint density at radius 3 is 2.70 bits per heavy atom. The molecule has 2 heterocycles. The summed E-state index contributed by atoms with van der Waals surface area (Å²) in [5.74, 6) is 0.931. The molecule has 110 valence electrons. The van der Waals surface area contributed by atoms with E-state index in [4.69, 9.17) is 0 Å². The lowest BCUT2D eigenvalue weighted by molar-refractivity contribution is 0.0778. The summed E-state index contributed by atoms with van der Waals surface area (Å²) < 4.78 is 0. The van der Waals surface area contributed by atoms with E-state index in [0.717, 1.165) is 49.6 Å². The number of nitrogens with one attached hydrogen (secondary N) is 1. The third-order valence-corrected chi connectivity index (χ3v) is 3.81. The van der Waals surface area contributed by atoms with Crippen LogP contribution in [0.3, 0.4) is 0 Å². The van der Waals surface area contributed by atoms with Gasteiger partial charge in [0, 0.05) is 30.9 Å². The maximum atomic E-state index is 12.6. The summed E-state index contributed by atoms with van der Waals surface area (Å²) in [6.45, 7) is 11.0. The second-order valence-electron chi connectivity index (χ2n) is 6.26. The molecule has 20 heavy (non-hydrogen) atoms. The van der Waals surface area contributed by atoms with Crippen molar-refractivity contribution in [1.29, 1.82) is 0 Å². The summed E-state index contributed by atoms with van der Waals surface area (Å²) in [6.07, 6.45) is 1.91. The number of aromatic nitrogens is 1. The van der Waals surface area contributed by atoms with Gasteiger partial charge in [0.15, 0.2) is 0 Å². The van der Waals surface area contributed by atoms with Gasteiger partial charge in [-0.2, -0.15) is 0 Å². The van der Waals surface area contributed by atoms with Crippen LogP contribution in [-0.4, -0.2) is 35.4 Å². The lowest BCUT2D eigenvalue weighted by Crippen LogP contribution is -2.30. The number of rotatable bonds is 4. The fourth-order valence-corrected chi connectivity index (χ4v) is 2.63. The van der Waals surface area contributed by atoms with Crippen molar-refractivity contribution in [2.24, 2.45) is 5.41 Å². The smallest absolute Gasteiger partial charge is 0.254 e. The third-order valence-electron chi connectivity index (χ3n) is 3.81. The summed E-state index contributed by atoms with van der Waals surface area (Å²) in [7, 11) is 0. The molecule has 0 saturated carbocycles. The zero-order valence-electron chi connectivity index (χ0n) is 13.0. The van der Waals surface area contributed by atoms with Gasteiger partial charge in [-0.15, -0.1) is 0 Å². The Morgan fingerprint density at radius 2 is 2.15 bits per heavy atom. The highest BCUT2D eigenvalue weighted by Crippen LogP contribution is 2.30. The van der Waals surface area contributed by atoms with E-state index in [1.165, 1.54) is 0 Å². The van der Waals surface area contributed by atoms with Crippen molar-refractivity contribution in [3.8, 4) is 0 Å². The van der Waals surface area contributed by atoms with Crippen LogP contribution in [0.2, 0.25) is 0 Å². The highest BCUT2D eigenvalue weighted by Gasteiger charge is 2.32. The largest absolute Gasteiger partial charge is 0.370 e. The highest BCUT2D eigenvalue weighted by atomic mass is 16.2. The quantitative estimate of drug-likeness (QED) is 0.919. The Balaban J connectivity index is 2.23. The minimum absolute atomic E-state index is 0.131. The molecule has 1 aliphatic rings. The van der Waals surface area contributed by atoms with Crippen molar-refractivity contribution in [1.82, 2.24) is 9.88 Å². The van der Waals surface area contributed by atoms with Gasteiger partial charge in [-0.3, -0.25) is 4.79 Å². The molecule has 0 spiro atoms. The summed E-state index contributed by atoms with van der Waals surface area (Å²) in [4.78, 5) is 19.1. The van der Waals surface area contributed by atoms with Crippen LogP contribution in [0.15, 0.2) is 12.1 Å². The fraction of sp³-hybridized carbons (Fsp3) is 0.625. The zero-order chi connectivity index (χ0) is 14.8. The summed E-state index contributed by atoms with van der Waals surface area (Å²) in [5.41, 5.74) is 1.96. The Bertz CT molecular complexity index is 496. The van der Waals surface area contributed by atoms with E-state index in [2.05, 4.69) is 31.1 Å². The normalized spacial score (nSPS) is 17.3. The Hall–Kier alpha value is -1.58. The lowest BCUT2D eigenvalue weighted by Gasteiger charge is -2.20. The van der Waals surface area contributed by atoms with E-state index in [9.17, 15) is 4.79 Å². The van der Waals surface area contributed by atoms with Gasteiger partial charge in [0.1, 0.15) is 5.82 Å². The van der Waals surface area contributed by atoms with Crippen LogP contribution in [-0.2, 0) is 6.42 Å². The first kappa shape index (κ1) is 14.8. The Labute approximate surface area is 121 Å². The number of pyridine rings is 1. The van der Waals surface area contributed by atoms with Gasteiger partial charge >= 0.3 is 0 Å². The molecule has 1 aromatic heterocycles. The summed E-state index contributed by atoms with van der Waals surface area (Å²) >= 11 is 0. The molecule has 4 heteroatoms. The van der Waals surface area contributed by atoms with Crippen molar-refractivity contribution >= 4 is 11.7 Å². The molecule has 0 bridgehead atoms. The van der Waals surface area contributed by atoms with E-state index in [1.807, 2.05) is 24.0 Å². The van der Waals surface area contributed by atoms with Crippen LogP contribution in [0.5, 0.6) is 0 Å². The second-order valence-corrected chi connectivity index (χ2v) is 6.26. The van der Waals surface area contributed by atoms with Gasteiger partial charge in [0.2, 0.25) is 0 Å². The van der Waals surface area contributed by atoms with E-state index in [1.54, 1.807) is 0 Å². The summed E-state index contributed by atoms with van der Waals surface area (Å²) in [6, 6.07) is 3.80. The maximum Gasteiger partial charge on any atom is 0.254 e. The van der Waals surface area contributed by atoms with Crippen molar-refractivity contribution in [3.63, 3.8) is 0 Å². The van der Waals surface area contributed by atoms with Gasteiger partial charge in [-0.1, -0.05) is 20.8 Å². The molecule has 2 rings (SSSR count). The van der Waals surface area contributed by atoms with Gasteiger partial charge < -0.3 is 10.2 Å². The van der Waals surface area contributed by atoms with E-state index < -0.39 is 0 Å². The van der Waals surface area contributed by atoms with E-state index in [-0.39, 0.29) is 11.3 Å². The number of nitrogens with zero attached hydrogens (tertiary/aromatic N) is 2. The molecular weight excluding hydrogens is 250 g/mol. The van der Waals surface area contributed by atoms with Crippen molar-refractivity contribution in [2.75, 3.05) is 25.0 Å². The standard InChI is InChI=1S/C16H25N3O/c1-5-13-9-12(10-14(18-13)17-6-2)15(20)19-8-7-16(3,4)11-19/h9-10H,5-8,11H2,1-4H3,(H,17,18). The molecule has 1 saturated heterocycles. The molecular formula is C16H25N3O. The number of carbonyl (C=O) groups excluding carboxylic acids is 1. The lowest BCUT2D eigenvalue weighted by atomic mass is 9.93. The molecule has 1 fully saturated rings. The predicted molar refractivity (Wildman–Crippen MR) is 82.1 cm³/mol. The molecule has 0 aliphatic carbocycles. The summed E-state index contributed by atoms with van der Waals surface area (Å²) in [5, 5.41) is 3.20. The van der Waals surface area contributed by atoms with Crippen molar-refractivity contribution < 1.29 is 4.79 Å². The molecule has 0 aromatic carbocycles. The van der Waals surface area contributed by atoms with Gasteiger partial charge in [-0.05, 0) is 37.3 Å². The Morgan fingerprint density at radius 1 is 1.40 bits per heavy atom. The number of amides is 1. The molecule has 1 aliphatic heterocycles. The molecule has 1 N–H and O–H groups in total. The van der Waals surface area contributed by atoms with Crippen LogP contribution < -0.4 is 5.32 Å². The van der Waals surface area contributed by atoms with Gasteiger partial charge in [0.05, 0.1) is 0 Å². The first-order valence-electron chi connectivity index (χ1n) is 7.49. The molecule has 0 atom stereocenters. The zero-order valence-corrected chi connectivity index (χ0v) is 13.0. The van der Waals surface area contributed by atoms with Crippen molar-refractivity contribution in [3.05, 3.63) is 23.4 Å². The fourth-order valence-electron chi connectivity index (χ4n) is 2.63. The highest BCUT2D eigenvalue weighted by molar-refractivity contribution is 5.95. The van der Waals surface area contributed by atoms with E-state index >= 15 is 0 Å². The van der Waals surface area contributed by atoms with Crippen LogP contribution in [0, 0.1) is 5.41 Å². The number of hydrogen-bond donors (Lipinski definition) is 1. The Kier molecular flexibility index (Phi) is 4.31. The van der Waals surface area contributed by atoms with Crippen LogP contribution in [0.4, 0.5) is 5.82 Å². The first-order chi connectivity index (χ1) is 9.45. The first-order valence-corrected chi connectivity index (χ1v) is 7.49. The van der Waals surface area contributed by atoms with E-state index in [0.29, 0.717) is 0 Å². The van der Waals surface area contributed by atoms with Crippen LogP contribution >= 0.6 is 0 Å². The number of likely N-dealkylation sites (tertiary alicyclic amines) is 1. The topological polar surface area (TPSA) is 45.2 Å². The molecule has 1 amide bonds. The monoisotopic (exact) mass is 275 g/mol. The van der Waals surface area contributed by atoms with Crippen LogP contribution in [0.1, 0.15) is 50.2 Å². The molecule has 0 radical (unpaired) electrons. The third kappa shape index (κ3) is 3.30. The maximum absolute atomic E-state index is 12.6. The molecule has 4 nitrogen and oxygen atoms in total. The van der Waals surface area contributed by atoms with Crippen LogP contribution in [0.25, 0.3) is 0 Å². The molecule has 1 aromatic rings. The minimum Gasteiger partial charge on any atom is -0.370 e. The average molecular weight is 275 g/mol. The number of hydrogen-bond acceptors (Lipinski definition) is 3. The minimum atomic E-state index is 0.131. The second kappa shape index (κ2) is 5.81. The number of anilines is 1. The molecule has 0 unspecified atom stereocenters. The average Bonchev–Trinajstić information content (AvgIpc) is 2.78. The van der Waals surface area contributed by atoms with Crippen molar-refractivity contribution in [2.45, 2.75) is 40.5 Å². The number of aryl methyl sites for hydroxylation is 1. The van der Waals surface area contributed by atoms with Gasteiger partial charge in [0.25, 0.3) is 5.91 Å². The number of carbonyl (C=O) groups is 1.